The van der Waals surface area contributed by atoms with Crippen molar-refractivity contribution in [3.8, 4) is 0 Å². The monoisotopic (exact) mass is 186 g/mol. The van der Waals surface area contributed by atoms with Gasteiger partial charge in [-0.15, -0.1) is 0 Å². The summed E-state index contributed by atoms with van der Waals surface area (Å²) in [5, 5.41) is 0. The number of rotatable bonds is 3. The first kappa shape index (κ1) is 10.8. The number of benzene rings is 1. The number of hydrogen-bond donors (Lipinski definition) is 0. The van der Waals surface area contributed by atoms with Gasteiger partial charge in [-0.2, -0.15) is 0 Å². The van der Waals surface area contributed by atoms with Gasteiger partial charge >= 0.3 is 0 Å². The van der Waals surface area contributed by atoms with Gasteiger partial charge in [0.1, 0.15) is 0 Å². The Hall–Kier alpha value is -1.30. The van der Waals surface area contributed by atoms with Crippen molar-refractivity contribution in [2.75, 3.05) is 0 Å². The maximum absolute atomic E-state index is 4.10. The lowest BCUT2D eigenvalue weighted by molar-refractivity contribution is 0.858. The van der Waals surface area contributed by atoms with Gasteiger partial charge in [0.2, 0.25) is 0 Å². The molecule has 0 nitrogen and oxygen atoms in total. The molecule has 0 N–H and O–H groups in total. The summed E-state index contributed by atoms with van der Waals surface area (Å²) in [6, 6.07) is 8.41. The van der Waals surface area contributed by atoms with Crippen LogP contribution in [0.4, 0.5) is 0 Å². The van der Waals surface area contributed by atoms with Gasteiger partial charge in [-0.25, -0.2) is 0 Å². The van der Waals surface area contributed by atoms with Crippen molar-refractivity contribution in [1.82, 2.24) is 0 Å². The van der Waals surface area contributed by atoms with Crippen LogP contribution in [0.15, 0.2) is 37.4 Å². The Labute approximate surface area is 87.0 Å². The Balaban J connectivity index is 3.06. The second kappa shape index (κ2) is 4.28. The van der Waals surface area contributed by atoms with Crippen molar-refractivity contribution >= 4 is 11.1 Å². The summed E-state index contributed by atoms with van der Waals surface area (Å²) in [6.07, 6.45) is 0. The molecule has 1 rings (SSSR count). The molecule has 1 aromatic rings. The van der Waals surface area contributed by atoms with E-state index in [2.05, 4.69) is 51.3 Å². The Morgan fingerprint density at radius 1 is 1.14 bits per heavy atom. The molecule has 0 aliphatic rings. The smallest absolute Gasteiger partial charge is 0.0219 e. The molecule has 0 heteroatoms. The van der Waals surface area contributed by atoms with Crippen molar-refractivity contribution in [1.29, 1.82) is 0 Å². The summed E-state index contributed by atoms with van der Waals surface area (Å²) in [6.45, 7) is 14.4. The van der Waals surface area contributed by atoms with E-state index in [0.717, 1.165) is 5.57 Å². The van der Waals surface area contributed by atoms with Crippen LogP contribution in [0.2, 0.25) is 0 Å². The maximum Gasteiger partial charge on any atom is -0.0219 e. The van der Waals surface area contributed by atoms with Gasteiger partial charge in [0.15, 0.2) is 0 Å². The zero-order valence-corrected chi connectivity index (χ0v) is 9.30. The summed E-state index contributed by atoms with van der Waals surface area (Å²) in [5.74, 6) is 0.496. The van der Waals surface area contributed by atoms with Crippen molar-refractivity contribution in [2.24, 2.45) is 5.92 Å². The molecule has 14 heavy (non-hydrogen) atoms. The highest BCUT2D eigenvalue weighted by molar-refractivity contribution is 5.70. The largest absolute Gasteiger partial charge is 0.0955 e. The van der Waals surface area contributed by atoms with Crippen LogP contribution in [0.3, 0.4) is 0 Å². The minimum atomic E-state index is 0.496. The van der Waals surface area contributed by atoms with E-state index < -0.39 is 0 Å². The molecule has 0 bridgehead atoms. The predicted octanol–water partition coefficient (Wildman–Crippen LogP) is 4.39. The summed E-state index contributed by atoms with van der Waals surface area (Å²) < 4.78 is 0. The Morgan fingerprint density at radius 2 is 1.71 bits per heavy atom. The van der Waals surface area contributed by atoms with Gasteiger partial charge < -0.3 is 0 Å². The van der Waals surface area contributed by atoms with Crippen LogP contribution < -0.4 is 0 Å². The van der Waals surface area contributed by atoms with Gasteiger partial charge in [-0.05, 0) is 35.6 Å². The Kier molecular flexibility index (Phi) is 3.29. The lowest BCUT2D eigenvalue weighted by Crippen LogP contribution is -1.92. The second-order valence-electron chi connectivity index (χ2n) is 4.04. The third-order valence-corrected chi connectivity index (χ3v) is 2.42. The molecular formula is C14H18. The molecule has 0 unspecified atom stereocenters. The SMILES string of the molecule is C=C(C)c1cccc(C(=C)C(C)C)c1. The van der Waals surface area contributed by atoms with E-state index in [1.54, 1.807) is 0 Å². The molecular weight excluding hydrogens is 168 g/mol. The van der Waals surface area contributed by atoms with Gasteiger partial charge in [0.05, 0.1) is 0 Å². The maximum atomic E-state index is 4.10. The van der Waals surface area contributed by atoms with E-state index >= 15 is 0 Å². The average molecular weight is 186 g/mol. The molecule has 0 amide bonds. The highest BCUT2D eigenvalue weighted by Gasteiger charge is 2.04. The molecule has 0 spiro atoms. The van der Waals surface area contributed by atoms with Crippen LogP contribution >= 0.6 is 0 Å². The van der Waals surface area contributed by atoms with Crippen LogP contribution in [0.5, 0.6) is 0 Å². The van der Waals surface area contributed by atoms with Gasteiger partial charge in [-0.3, -0.25) is 0 Å². The summed E-state index contributed by atoms with van der Waals surface area (Å²) in [5.41, 5.74) is 4.71. The first-order chi connectivity index (χ1) is 6.52. The fourth-order valence-corrected chi connectivity index (χ4v) is 1.32. The lowest BCUT2D eigenvalue weighted by atomic mass is 9.94. The van der Waals surface area contributed by atoms with Crippen molar-refractivity contribution < 1.29 is 0 Å². The van der Waals surface area contributed by atoms with E-state index in [1.807, 2.05) is 6.92 Å². The van der Waals surface area contributed by atoms with Crippen LogP contribution in [0, 0.1) is 5.92 Å². The normalized spacial score (nSPS) is 10.3. The quantitative estimate of drug-likeness (QED) is 0.656. The Morgan fingerprint density at radius 3 is 2.21 bits per heavy atom. The molecule has 0 saturated carbocycles. The molecule has 0 aliphatic carbocycles. The summed E-state index contributed by atoms with van der Waals surface area (Å²) >= 11 is 0. The van der Waals surface area contributed by atoms with Gasteiger partial charge in [-0.1, -0.05) is 50.8 Å². The fourth-order valence-electron chi connectivity index (χ4n) is 1.32. The fraction of sp³-hybridized carbons (Fsp3) is 0.286. The number of allylic oxidation sites excluding steroid dienone is 2. The molecule has 0 radical (unpaired) electrons. The van der Waals surface area contributed by atoms with Gasteiger partial charge in [0, 0.05) is 0 Å². The van der Waals surface area contributed by atoms with Crippen LogP contribution in [-0.2, 0) is 0 Å². The third-order valence-electron chi connectivity index (χ3n) is 2.42. The minimum absolute atomic E-state index is 0.496. The van der Waals surface area contributed by atoms with Gasteiger partial charge in [0.25, 0.3) is 0 Å². The number of hydrogen-bond acceptors (Lipinski definition) is 0. The van der Waals surface area contributed by atoms with E-state index in [-0.39, 0.29) is 0 Å². The van der Waals surface area contributed by atoms with E-state index in [4.69, 9.17) is 0 Å². The van der Waals surface area contributed by atoms with Crippen molar-refractivity contribution in [3.63, 3.8) is 0 Å². The lowest BCUT2D eigenvalue weighted by Gasteiger charge is -2.11. The summed E-state index contributed by atoms with van der Waals surface area (Å²) in [4.78, 5) is 0. The second-order valence-corrected chi connectivity index (χ2v) is 4.04. The third kappa shape index (κ3) is 2.35. The molecule has 0 heterocycles. The zero-order chi connectivity index (χ0) is 10.7. The topological polar surface area (TPSA) is 0 Å². The standard InChI is InChI=1S/C14H18/c1-10(2)12(5)14-8-6-7-13(9-14)11(3)4/h6-10H,3,5H2,1-2,4H3. The van der Waals surface area contributed by atoms with E-state index in [1.165, 1.54) is 16.7 Å². The molecule has 0 atom stereocenters. The molecule has 0 fully saturated rings. The van der Waals surface area contributed by atoms with Crippen LogP contribution in [0.25, 0.3) is 11.1 Å². The van der Waals surface area contributed by atoms with E-state index in [0.29, 0.717) is 5.92 Å². The summed E-state index contributed by atoms with van der Waals surface area (Å²) in [7, 11) is 0. The van der Waals surface area contributed by atoms with Crippen LogP contribution in [0.1, 0.15) is 31.9 Å². The van der Waals surface area contributed by atoms with E-state index in [9.17, 15) is 0 Å². The first-order valence-electron chi connectivity index (χ1n) is 4.97. The highest BCUT2D eigenvalue weighted by atomic mass is 14.1. The first-order valence-corrected chi connectivity index (χ1v) is 4.97. The molecule has 0 aromatic heterocycles. The highest BCUT2D eigenvalue weighted by Crippen LogP contribution is 2.23. The van der Waals surface area contributed by atoms with Crippen molar-refractivity contribution in [3.05, 3.63) is 48.6 Å². The van der Waals surface area contributed by atoms with Crippen LogP contribution in [-0.4, -0.2) is 0 Å². The molecule has 74 valence electrons. The molecule has 0 aliphatic heterocycles. The Bertz CT molecular complexity index is 356. The minimum Gasteiger partial charge on any atom is -0.0955 e. The molecule has 1 aromatic carbocycles. The zero-order valence-electron chi connectivity index (χ0n) is 9.30. The molecule has 0 saturated heterocycles. The average Bonchev–Trinajstić information content (AvgIpc) is 2.16. The predicted molar refractivity (Wildman–Crippen MR) is 65.0 cm³/mol. The van der Waals surface area contributed by atoms with Crippen molar-refractivity contribution in [2.45, 2.75) is 20.8 Å².